The highest BCUT2D eigenvalue weighted by atomic mass is 32.1. The third kappa shape index (κ3) is 4.03. The number of hydrogen-bond acceptors (Lipinski definition) is 6. The lowest BCUT2D eigenvalue weighted by atomic mass is 9.82. The average Bonchev–Trinajstić information content (AvgIpc) is 2.98. The summed E-state index contributed by atoms with van der Waals surface area (Å²) >= 11 is 1.30. The number of carbonyl (C=O) groups excluding carboxylic acids is 3. The van der Waals surface area contributed by atoms with E-state index in [0.717, 1.165) is 11.3 Å². The van der Waals surface area contributed by atoms with Gasteiger partial charge in [0.15, 0.2) is 0 Å². The van der Waals surface area contributed by atoms with Crippen LogP contribution in [0.5, 0.6) is 0 Å². The minimum absolute atomic E-state index is 0.240. The van der Waals surface area contributed by atoms with Crippen molar-refractivity contribution in [2.45, 2.75) is 33.1 Å². The van der Waals surface area contributed by atoms with E-state index < -0.39 is 29.7 Å². The van der Waals surface area contributed by atoms with Crippen LogP contribution < -0.4 is 10.4 Å². The minimum atomic E-state index is -1.23. The molecule has 1 amide bonds. The molecule has 7 heteroatoms. The summed E-state index contributed by atoms with van der Waals surface area (Å²) in [6.07, 6.45) is 4.87. The van der Waals surface area contributed by atoms with Crippen molar-refractivity contribution in [3.05, 3.63) is 28.7 Å². The Morgan fingerprint density at radius 2 is 1.92 bits per heavy atom. The summed E-state index contributed by atoms with van der Waals surface area (Å²) in [5, 5.41) is 14.4. The van der Waals surface area contributed by atoms with Gasteiger partial charge in [-0.15, -0.1) is 11.3 Å². The number of carboxylic acids is 1. The monoisotopic (exact) mass is 350 g/mol. The number of ether oxygens (including phenoxy) is 1. The predicted octanol–water partition coefficient (Wildman–Crippen LogP) is 1.76. The van der Waals surface area contributed by atoms with Crippen LogP contribution >= 0.6 is 11.3 Å². The Labute approximate surface area is 144 Å². The molecule has 1 aromatic rings. The number of amides is 1. The third-order valence-corrected chi connectivity index (χ3v) is 5.13. The molecule has 130 valence electrons. The molecule has 0 saturated heterocycles. The number of aliphatic carboxylic acids is 1. The van der Waals surface area contributed by atoms with E-state index in [-0.39, 0.29) is 13.0 Å². The topological polar surface area (TPSA) is 95.5 Å². The number of allylic oxidation sites excluding steroid dienone is 2. The van der Waals surface area contributed by atoms with Gasteiger partial charge in [0, 0.05) is 16.8 Å². The Bertz CT molecular complexity index is 664. The number of carbonyl (C=O) groups is 3. The molecule has 2 atom stereocenters. The van der Waals surface area contributed by atoms with E-state index in [9.17, 15) is 19.5 Å². The zero-order valence-corrected chi connectivity index (χ0v) is 14.5. The van der Waals surface area contributed by atoms with Gasteiger partial charge < -0.3 is 20.0 Å². The summed E-state index contributed by atoms with van der Waals surface area (Å²) in [6, 6.07) is 1.70. The molecule has 1 aliphatic carbocycles. The molecular weight excluding hydrogens is 330 g/mol. The Morgan fingerprint density at radius 1 is 1.25 bits per heavy atom. The Kier molecular flexibility index (Phi) is 6.14. The van der Waals surface area contributed by atoms with Gasteiger partial charge in [0.2, 0.25) is 5.91 Å². The van der Waals surface area contributed by atoms with Crippen LogP contribution in [0.25, 0.3) is 0 Å². The van der Waals surface area contributed by atoms with Gasteiger partial charge in [0.1, 0.15) is 5.00 Å². The SMILES string of the molecule is CCOC(=O)c1cc(CC)sc1NC(=O)[C@H]1CC=CC[C@@H]1C(=O)[O-]. The highest BCUT2D eigenvalue weighted by Gasteiger charge is 2.31. The van der Waals surface area contributed by atoms with Crippen LogP contribution in [0.2, 0.25) is 0 Å². The normalized spacial score (nSPS) is 19.8. The summed E-state index contributed by atoms with van der Waals surface area (Å²) in [5.41, 5.74) is 0.309. The highest BCUT2D eigenvalue weighted by molar-refractivity contribution is 7.16. The summed E-state index contributed by atoms with van der Waals surface area (Å²) < 4.78 is 5.01. The smallest absolute Gasteiger partial charge is 0.341 e. The van der Waals surface area contributed by atoms with Crippen molar-refractivity contribution in [3.8, 4) is 0 Å². The van der Waals surface area contributed by atoms with Crippen molar-refractivity contribution < 1.29 is 24.2 Å². The van der Waals surface area contributed by atoms with Crippen LogP contribution in [0.4, 0.5) is 5.00 Å². The maximum absolute atomic E-state index is 12.5. The van der Waals surface area contributed by atoms with Crippen molar-refractivity contribution in [3.63, 3.8) is 0 Å². The molecule has 0 radical (unpaired) electrons. The van der Waals surface area contributed by atoms with Gasteiger partial charge in [0.25, 0.3) is 0 Å². The van der Waals surface area contributed by atoms with Crippen LogP contribution in [0.15, 0.2) is 18.2 Å². The summed E-state index contributed by atoms with van der Waals surface area (Å²) in [6.45, 7) is 3.90. The molecule has 0 fully saturated rings. The molecule has 24 heavy (non-hydrogen) atoms. The van der Waals surface area contributed by atoms with Crippen molar-refractivity contribution in [1.82, 2.24) is 0 Å². The molecule has 0 aliphatic heterocycles. The van der Waals surface area contributed by atoms with Crippen LogP contribution in [-0.4, -0.2) is 24.5 Å². The molecule has 1 heterocycles. The largest absolute Gasteiger partial charge is 0.550 e. The lowest BCUT2D eigenvalue weighted by Gasteiger charge is -2.28. The fourth-order valence-electron chi connectivity index (χ4n) is 2.64. The Hall–Kier alpha value is -2.15. The zero-order valence-electron chi connectivity index (χ0n) is 13.7. The molecule has 0 unspecified atom stereocenters. The second-order valence-corrected chi connectivity index (χ2v) is 6.63. The lowest BCUT2D eigenvalue weighted by Crippen LogP contribution is -2.41. The number of esters is 1. The van der Waals surface area contributed by atoms with E-state index in [1.807, 2.05) is 6.92 Å². The summed E-state index contributed by atoms with van der Waals surface area (Å²) in [4.78, 5) is 36.7. The lowest BCUT2D eigenvalue weighted by molar-refractivity contribution is -0.313. The van der Waals surface area contributed by atoms with Crippen molar-refractivity contribution in [1.29, 1.82) is 0 Å². The van der Waals surface area contributed by atoms with E-state index in [1.165, 1.54) is 11.3 Å². The molecular formula is C17H20NO5S-. The third-order valence-electron chi connectivity index (χ3n) is 3.94. The van der Waals surface area contributed by atoms with Gasteiger partial charge in [-0.1, -0.05) is 19.1 Å². The standard InChI is InChI=1S/C17H21NO5S/c1-3-10-9-13(17(22)23-4-2)15(24-10)18-14(19)11-7-5-6-8-12(11)16(20)21/h5-6,9,11-12H,3-4,7-8H2,1-2H3,(H,18,19)(H,20,21)/p-1/t11-,12-/m0/s1. The predicted molar refractivity (Wildman–Crippen MR) is 88.6 cm³/mol. The van der Waals surface area contributed by atoms with E-state index in [4.69, 9.17) is 4.74 Å². The molecule has 1 aliphatic rings. The fourth-order valence-corrected chi connectivity index (χ4v) is 3.63. The van der Waals surface area contributed by atoms with Crippen LogP contribution in [0.1, 0.15) is 41.9 Å². The van der Waals surface area contributed by atoms with Gasteiger partial charge in [0.05, 0.1) is 18.1 Å². The van der Waals surface area contributed by atoms with Crippen LogP contribution in [0, 0.1) is 11.8 Å². The number of nitrogens with one attached hydrogen (secondary N) is 1. The molecule has 0 bridgehead atoms. The van der Waals surface area contributed by atoms with Gasteiger partial charge in [-0.05, 0) is 32.3 Å². The van der Waals surface area contributed by atoms with E-state index in [1.54, 1.807) is 25.1 Å². The fraction of sp³-hybridized carbons (Fsp3) is 0.471. The first-order valence-electron chi connectivity index (χ1n) is 7.94. The van der Waals surface area contributed by atoms with E-state index in [2.05, 4.69) is 5.32 Å². The molecule has 1 N–H and O–H groups in total. The summed E-state index contributed by atoms with van der Waals surface area (Å²) in [7, 11) is 0. The molecule has 0 aromatic carbocycles. The maximum atomic E-state index is 12.5. The number of hydrogen-bond donors (Lipinski definition) is 1. The molecule has 1 aromatic heterocycles. The van der Waals surface area contributed by atoms with Crippen molar-refractivity contribution in [2.24, 2.45) is 11.8 Å². The zero-order chi connectivity index (χ0) is 17.7. The maximum Gasteiger partial charge on any atom is 0.341 e. The van der Waals surface area contributed by atoms with Crippen LogP contribution in [-0.2, 0) is 20.7 Å². The average molecular weight is 350 g/mol. The van der Waals surface area contributed by atoms with Gasteiger partial charge in [-0.3, -0.25) is 4.79 Å². The summed E-state index contributed by atoms with van der Waals surface area (Å²) in [5.74, 6) is -3.70. The van der Waals surface area contributed by atoms with Crippen molar-refractivity contribution in [2.75, 3.05) is 11.9 Å². The van der Waals surface area contributed by atoms with Crippen LogP contribution in [0.3, 0.4) is 0 Å². The Balaban J connectivity index is 2.21. The minimum Gasteiger partial charge on any atom is -0.550 e. The Morgan fingerprint density at radius 3 is 2.50 bits per heavy atom. The molecule has 0 saturated carbocycles. The number of aryl methyl sites for hydroxylation is 1. The molecule has 6 nitrogen and oxygen atoms in total. The second-order valence-electron chi connectivity index (χ2n) is 5.49. The number of anilines is 1. The first kappa shape index (κ1) is 18.2. The van der Waals surface area contributed by atoms with E-state index in [0.29, 0.717) is 17.0 Å². The van der Waals surface area contributed by atoms with E-state index >= 15 is 0 Å². The first-order valence-corrected chi connectivity index (χ1v) is 8.76. The van der Waals surface area contributed by atoms with Gasteiger partial charge >= 0.3 is 5.97 Å². The number of carboxylic acid groups (broad SMARTS) is 1. The second kappa shape index (κ2) is 8.10. The quantitative estimate of drug-likeness (QED) is 0.623. The van der Waals surface area contributed by atoms with Gasteiger partial charge in [-0.25, -0.2) is 4.79 Å². The number of thiophene rings is 1. The van der Waals surface area contributed by atoms with Gasteiger partial charge in [-0.2, -0.15) is 0 Å². The highest BCUT2D eigenvalue weighted by Crippen LogP contribution is 2.32. The number of rotatable bonds is 6. The molecule has 2 rings (SSSR count). The van der Waals surface area contributed by atoms with Crippen molar-refractivity contribution >= 4 is 34.2 Å². The first-order chi connectivity index (χ1) is 11.5. The molecule has 0 spiro atoms.